The maximum Gasteiger partial charge on any atom is 0.316 e. The minimum Gasteiger partial charge on any atom is -0.496 e. The Morgan fingerprint density at radius 2 is 1.76 bits per heavy atom. The highest BCUT2D eigenvalue weighted by molar-refractivity contribution is 7.10. The van der Waals surface area contributed by atoms with Gasteiger partial charge in [0, 0.05) is 22.6 Å². The van der Waals surface area contributed by atoms with Crippen LogP contribution in [0.2, 0.25) is 0 Å². The van der Waals surface area contributed by atoms with Gasteiger partial charge in [-0.15, -0.1) is 11.3 Å². The molecule has 0 saturated heterocycles. The van der Waals surface area contributed by atoms with Crippen molar-refractivity contribution in [1.82, 2.24) is 0 Å². The number of Topliss-reactive ketones (excluding diaryl/α,β-unsaturated/α-hetero) is 1. The molecule has 3 aromatic rings. The molecule has 2 aromatic carbocycles. The molecule has 0 atom stereocenters. The normalized spacial score (nSPS) is 13.5. The van der Waals surface area contributed by atoms with Gasteiger partial charge in [0.25, 0.3) is 0 Å². The number of carbonyl (C=O) groups is 2. The zero-order valence-electron chi connectivity index (χ0n) is 18.6. The summed E-state index contributed by atoms with van der Waals surface area (Å²) in [7, 11) is 4.58. The zero-order chi connectivity index (χ0) is 23.5. The van der Waals surface area contributed by atoms with Crippen LogP contribution in [0.1, 0.15) is 26.4 Å². The maximum absolute atomic E-state index is 13.0. The van der Waals surface area contributed by atoms with Gasteiger partial charge in [-0.2, -0.15) is 0 Å². The van der Waals surface area contributed by atoms with E-state index in [9.17, 15) is 9.59 Å². The Morgan fingerprint density at radius 1 is 1.03 bits per heavy atom. The zero-order valence-corrected chi connectivity index (χ0v) is 19.4. The summed E-state index contributed by atoms with van der Waals surface area (Å²) < 4.78 is 27.4. The fourth-order valence-electron chi connectivity index (χ4n) is 3.57. The summed E-state index contributed by atoms with van der Waals surface area (Å²) in [6.45, 7) is 1.77. The lowest BCUT2D eigenvalue weighted by Crippen LogP contribution is -2.10. The number of hydrogen-bond donors (Lipinski definition) is 0. The lowest BCUT2D eigenvalue weighted by Gasteiger charge is -2.12. The van der Waals surface area contributed by atoms with Crippen LogP contribution in [0.4, 0.5) is 0 Å². The van der Waals surface area contributed by atoms with Crippen LogP contribution in [0.25, 0.3) is 6.08 Å². The first-order valence-corrected chi connectivity index (χ1v) is 10.9. The SMILES string of the molecule is COc1cc(OC)c(OC)cc1/C=C1\Oc2cc(OC(=O)Cc3cccs3)cc(C)c2C1=O. The number of hydrogen-bond acceptors (Lipinski definition) is 8. The quantitative estimate of drug-likeness (QED) is 0.280. The van der Waals surface area contributed by atoms with Crippen LogP contribution in [0.15, 0.2) is 47.5 Å². The predicted octanol–water partition coefficient (Wildman–Crippen LogP) is 4.85. The maximum atomic E-state index is 13.0. The molecule has 0 spiro atoms. The van der Waals surface area contributed by atoms with E-state index in [0.717, 1.165) is 4.88 Å². The molecule has 0 radical (unpaired) electrons. The molecule has 1 aliphatic rings. The van der Waals surface area contributed by atoms with E-state index in [2.05, 4.69) is 0 Å². The lowest BCUT2D eigenvalue weighted by molar-refractivity contribution is -0.133. The Kier molecular flexibility index (Phi) is 6.37. The van der Waals surface area contributed by atoms with Gasteiger partial charge in [0.2, 0.25) is 5.78 Å². The number of carbonyl (C=O) groups excluding carboxylic acids is 2. The number of methoxy groups -OCH3 is 3. The first-order chi connectivity index (χ1) is 15.9. The van der Waals surface area contributed by atoms with Crippen LogP contribution in [-0.2, 0) is 11.2 Å². The van der Waals surface area contributed by atoms with E-state index in [1.807, 2.05) is 17.5 Å². The smallest absolute Gasteiger partial charge is 0.316 e. The summed E-state index contributed by atoms with van der Waals surface area (Å²) in [6, 6.07) is 10.4. The Morgan fingerprint density at radius 3 is 2.42 bits per heavy atom. The third-order valence-corrected chi connectivity index (χ3v) is 5.97. The molecule has 0 N–H and O–H groups in total. The fourth-order valence-corrected chi connectivity index (χ4v) is 4.26. The van der Waals surface area contributed by atoms with Gasteiger partial charge >= 0.3 is 5.97 Å². The van der Waals surface area contributed by atoms with Crippen LogP contribution in [0.3, 0.4) is 0 Å². The number of aryl methyl sites for hydroxylation is 1. The molecule has 1 aliphatic heterocycles. The van der Waals surface area contributed by atoms with Crippen molar-refractivity contribution in [2.45, 2.75) is 13.3 Å². The number of rotatable bonds is 7. The standard InChI is InChI=1S/C25H22O7S/c1-14-8-16(31-23(26)12-17-6-5-7-33-17)11-21-24(14)25(27)22(32-21)10-15-9-19(29-3)20(30-4)13-18(15)28-2/h5-11,13H,12H2,1-4H3/b22-10-. The molecule has 8 heteroatoms. The van der Waals surface area contributed by atoms with E-state index in [1.165, 1.54) is 32.7 Å². The van der Waals surface area contributed by atoms with Crippen LogP contribution >= 0.6 is 11.3 Å². The lowest BCUT2D eigenvalue weighted by atomic mass is 10.0. The minimum absolute atomic E-state index is 0.126. The molecular weight excluding hydrogens is 444 g/mol. The van der Waals surface area contributed by atoms with E-state index in [1.54, 1.807) is 37.3 Å². The van der Waals surface area contributed by atoms with Crippen LogP contribution in [0, 0.1) is 6.92 Å². The Bertz CT molecular complexity index is 1240. The van der Waals surface area contributed by atoms with Crippen molar-refractivity contribution < 1.29 is 33.3 Å². The van der Waals surface area contributed by atoms with Crippen LogP contribution < -0.4 is 23.7 Å². The van der Waals surface area contributed by atoms with Gasteiger partial charge < -0.3 is 23.7 Å². The predicted molar refractivity (Wildman–Crippen MR) is 124 cm³/mol. The first-order valence-electron chi connectivity index (χ1n) is 10.1. The number of thiophene rings is 1. The monoisotopic (exact) mass is 466 g/mol. The fraction of sp³-hybridized carbons (Fsp3) is 0.200. The molecular formula is C25H22O7S. The van der Waals surface area contributed by atoms with Gasteiger partial charge in [-0.25, -0.2) is 0 Å². The van der Waals surface area contributed by atoms with Crippen molar-refractivity contribution >= 4 is 29.2 Å². The molecule has 170 valence electrons. The highest BCUT2D eigenvalue weighted by atomic mass is 32.1. The Balaban J connectivity index is 1.61. The molecule has 4 rings (SSSR count). The first kappa shape index (κ1) is 22.4. The number of allylic oxidation sites excluding steroid dienone is 1. The number of ether oxygens (including phenoxy) is 5. The summed E-state index contributed by atoms with van der Waals surface area (Å²) >= 11 is 1.49. The molecule has 0 amide bonds. The van der Waals surface area contributed by atoms with E-state index in [0.29, 0.717) is 45.4 Å². The summed E-state index contributed by atoms with van der Waals surface area (Å²) in [4.78, 5) is 26.2. The summed E-state index contributed by atoms with van der Waals surface area (Å²) in [5, 5.41) is 1.91. The van der Waals surface area contributed by atoms with E-state index in [-0.39, 0.29) is 23.9 Å². The van der Waals surface area contributed by atoms with Crippen LogP contribution in [0.5, 0.6) is 28.7 Å². The van der Waals surface area contributed by atoms with E-state index < -0.39 is 0 Å². The molecule has 7 nitrogen and oxygen atoms in total. The molecule has 0 aliphatic carbocycles. The summed E-state index contributed by atoms with van der Waals surface area (Å²) in [6.07, 6.45) is 1.77. The van der Waals surface area contributed by atoms with Crippen molar-refractivity contribution in [3.05, 3.63) is 69.1 Å². The number of esters is 1. The largest absolute Gasteiger partial charge is 0.496 e. The number of fused-ring (bicyclic) bond motifs is 1. The summed E-state index contributed by atoms with van der Waals surface area (Å²) in [5.41, 5.74) is 1.67. The second-order valence-corrected chi connectivity index (χ2v) is 8.26. The molecule has 0 bridgehead atoms. The van der Waals surface area contributed by atoms with Crippen LogP contribution in [-0.4, -0.2) is 33.1 Å². The highest BCUT2D eigenvalue weighted by Gasteiger charge is 2.31. The average molecular weight is 467 g/mol. The topological polar surface area (TPSA) is 80.3 Å². The van der Waals surface area contributed by atoms with Gasteiger partial charge in [-0.05, 0) is 42.1 Å². The van der Waals surface area contributed by atoms with E-state index in [4.69, 9.17) is 23.7 Å². The van der Waals surface area contributed by atoms with Gasteiger partial charge in [-0.3, -0.25) is 9.59 Å². The third kappa shape index (κ3) is 4.56. The van der Waals surface area contributed by atoms with Gasteiger partial charge in [0.05, 0.1) is 33.3 Å². The van der Waals surface area contributed by atoms with Crippen molar-refractivity contribution in [2.24, 2.45) is 0 Å². The van der Waals surface area contributed by atoms with Gasteiger partial charge in [0.15, 0.2) is 17.3 Å². The van der Waals surface area contributed by atoms with Crippen molar-refractivity contribution in [3.63, 3.8) is 0 Å². The third-order valence-electron chi connectivity index (χ3n) is 5.10. The molecule has 0 fully saturated rings. The molecule has 0 saturated carbocycles. The highest BCUT2D eigenvalue weighted by Crippen LogP contribution is 2.40. The molecule has 1 aromatic heterocycles. The average Bonchev–Trinajstić information content (AvgIpc) is 3.41. The number of benzene rings is 2. The van der Waals surface area contributed by atoms with Crippen molar-refractivity contribution in [1.29, 1.82) is 0 Å². The molecule has 2 heterocycles. The van der Waals surface area contributed by atoms with Crippen molar-refractivity contribution in [2.75, 3.05) is 21.3 Å². The van der Waals surface area contributed by atoms with Gasteiger partial charge in [0.1, 0.15) is 17.2 Å². The minimum atomic E-state index is -0.382. The molecule has 33 heavy (non-hydrogen) atoms. The van der Waals surface area contributed by atoms with Crippen molar-refractivity contribution in [3.8, 4) is 28.7 Å². The Hall–Kier alpha value is -3.78. The second kappa shape index (κ2) is 9.38. The summed E-state index contributed by atoms with van der Waals surface area (Å²) in [5.74, 6) is 1.62. The Labute approximate surface area is 195 Å². The van der Waals surface area contributed by atoms with Gasteiger partial charge in [-0.1, -0.05) is 6.07 Å². The molecule has 0 unspecified atom stereocenters. The van der Waals surface area contributed by atoms with E-state index >= 15 is 0 Å². The second-order valence-electron chi connectivity index (χ2n) is 7.23. The number of ketones is 1.